The number of nitrogens with one attached hydrogen (secondary N) is 1. The lowest BCUT2D eigenvalue weighted by atomic mass is 10.0. The molecule has 0 bridgehead atoms. The Bertz CT molecular complexity index is 352. The van der Waals surface area contributed by atoms with Crippen LogP contribution in [0.4, 0.5) is 11.4 Å². The number of aliphatic hydroxyl groups is 1. The van der Waals surface area contributed by atoms with Gasteiger partial charge in [-0.1, -0.05) is 0 Å². The van der Waals surface area contributed by atoms with Gasteiger partial charge in [-0.25, -0.2) is 0 Å². The largest absolute Gasteiger partial charge is 0.396 e. The van der Waals surface area contributed by atoms with Gasteiger partial charge in [0.1, 0.15) is 0 Å². The van der Waals surface area contributed by atoms with Crippen molar-refractivity contribution in [2.75, 3.05) is 37.0 Å². The first kappa shape index (κ1) is 11.3. The van der Waals surface area contributed by atoms with Gasteiger partial charge in [0.05, 0.1) is 0 Å². The summed E-state index contributed by atoms with van der Waals surface area (Å²) in [7, 11) is 2.15. The Morgan fingerprint density at radius 1 is 1.44 bits per heavy atom. The van der Waals surface area contributed by atoms with Gasteiger partial charge in [-0.15, -0.1) is 0 Å². The van der Waals surface area contributed by atoms with E-state index in [1.165, 1.54) is 29.8 Å². The molecule has 0 spiro atoms. The van der Waals surface area contributed by atoms with Crippen molar-refractivity contribution in [2.24, 2.45) is 0 Å². The van der Waals surface area contributed by atoms with Crippen molar-refractivity contribution in [3.05, 3.63) is 23.8 Å². The molecule has 0 saturated heterocycles. The number of fused-ring (bicyclic) bond motifs is 1. The normalized spacial score (nSPS) is 14.8. The first-order valence-corrected chi connectivity index (χ1v) is 6.00. The molecular formula is C13H20N2O. The van der Waals surface area contributed by atoms with Crippen LogP contribution in [-0.2, 0) is 6.42 Å². The van der Waals surface area contributed by atoms with E-state index in [-0.39, 0.29) is 6.61 Å². The molecule has 0 fully saturated rings. The molecule has 0 amide bonds. The summed E-state index contributed by atoms with van der Waals surface area (Å²) in [6, 6.07) is 6.55. The van der Waals surface area contributed by atoms with Gasteiger partial charge in [0.25, 0.3) is 0 Å². The molecule has 0 unspecified atom stereocenters. The lowest BCUT2D eigenvalue weighted by molar-refractivity contribution is 0.292. The van der Waals surface area contributed by atoms with Gasteiger partial charge >= 0.3 is 0 Å². The van der Waals surface area contributed by atoms with E-state index in [2.05, 4.69) is 35.5 Å². The smallest absolute Gasteiger partial charge is 0.0447 e. The number of hydrogen-bond acceptors (Lipinski definition) is 3. The maximum absolute atomic E-state index is 8.72. The van der Waals surface area contributed by atoms with Crippen LogP contribution in [0.15, 0.2) is 18.2 Å². The molecule has 0 saturated carbocycles. The fourth-order valence-electron chi connectivity index (χ4n) is 2.21. The van der Waals surface area contributed by atoms with Crippen LogP contribution in [0, 0.1) is 0 Å². The van der Waals surface area contributed by atoms with E-state index in [0.717, 1.165) is 19.5 Å². The molecule has 1 aromatic rings. The van der Waals surface area contributed by atoms with Crippen LogP contribution in [0.2, 0.25) is 0 Å². The SMILES string of the molecule is CN1CCCc2cc(NCCCO)ccc21. The van der Waals surface area contributed by atoms with Crippen molar-refractivity contribution in [1.82, 2.24) is 0 Å². The third kappa shape index (κ3) is 2.47. The van der Waals surface area contributed by atoms with Gasteiger partial charge in [-0.2, -0.15) is 0 Å². The highest BCUT2D eigenvalue weighted by atomic mass is 16.3. The molecule has 3 nitrogen and oxygen atoms in total. The van der Waals surface area contributed by atoms with Gasteiger partial charge in [-0.05, 0) is 43.0 Å². The Kier molecular flexibility index (Phi) is 3.67. The number of benzene rings is 1. The summed E-state index contributed by atoms with van der Waals surface area (Å²) in [5, 5.41) is 12.1. The van der Waals surface area contributed by atoms with Crippen molar-refractivity contribution in [3.8, 4) is 0 Å². The Balaban J connectivity index is 2.06. The highest BCUT2D eigenvalue weighted by Gasteiger charge is 2.13. The van der Waals surface area contributed by atoms with E-state index in [1.54, 1.807) is 0 Å². The first-order chi connectivity index (χ1) is 7.81. The predicted molar refractivity (Wildman–Crippen MR) is 68.2 cm³/mol. The Labute approximate surface area is 97.1 Å². The Morgan fingerprint density at radius 2 is 2.31 bits per heavy atom. The van der Waals surface area contributed by atoms with Crippen molar-refractivity contribution in [3.63, 3.8) is 0 Å². The molecule has 0 atom stereocenters. The van der Waals surface area contributed by atoms with Gasteiger partial charge in [0.2, 0.25) is 0 Å². The average molecular weight is 220 g/mol. The molecule has 1 aliphatic heterocycles. The maximum atomic E-state index is 8.72. The zero-order chi connectivity index (χ0) is 11.4. The quantitative estimate of drug-likeness (QED) is 0.760. The minimum Gasteiger partial charge on any atom is -0.396 e. The van der Waals surface area contributed by atoms with E-state index >= 15 is 0 Å². The topological polar surface area (TPSA) is 35.5 Å². The Morgan fingerprint density at radius 3 is 3.12 bits per heavy atom. The molecule has 0 aliphatic carbocycles. The number of aliphatic hydroxyl groups excluding tert-OH is 1. The first-order valence-electron chi connectivity index (χ1n) is 6.00. The number of anilines is 2. The lowest BCUT2D eigenvalue weighted by Gasteiger charge is -2.27. The molecule has 1 heterocycles. The highest BCUT2D eigenvalue weighted by Crippen LogP contribution is 2.28. The fraction of sp³-hybridized carbons (Fsp3) is 0.538. The second-order valence-electron chi connectivity index (χ2n) is 4.37. The molecule has 0 aromatic heterocycles. The monoisotopic (exact) mass is 220 g/mol. The van der Waals surface area contributed by atoms with E-state index in [1.807, 2.05) is 0 Å². The third-order valence-corrected chi connectivity index (χ3v) is 3.09. The van der Waals surface area contributed by atoms with Crippen LogP contribution in [0.5, 0.6) is 0 Å². The van der Waals surface area contributed by atoms with Crippen molar-refractivity contribution < 1.29 is 5.11 Å². The zero-order valence-corrected chi connectivity index (χ0v) is 9.87. The van der Waals surface area contributed by atoms with Crippen LogP contribution in [0.25, 0.3) is 0 Å². The highest BCUT2D eigenvalue weighted by molar-refractivity contribution is 5.61. The number of aryl methyl sites for hydroxylation is 1. The van der Waals surface area contributed by atoms with Crippen LogP contribution >= 0.6 is 0 Å². The van der Waals surface area contributed by atoms with Crippen LogP contribution in [-0.4, -0.2) is 31.9 Å². The summed E-state index contributed by atoms with van der Waals surface area (Å²) >= 11 is 0. The van der Waals surface area contributed by atoms with Crippen molar-refractivity contribution in [2.45, 2.75) is 19.3 Å². The van der Waals surface area contributed by atoms with Crippen LogP contribution in [0.1, 0.15) is 18.4 Å². The van der Waals surface area contributed by atoms with E-state index in [0.29, 0.717) is 0 Å². The third-order valence-electron chi connectivity index (χ3n) is 3.09. The van der Waals surface area contributed by atoms with Crippen LogP contribution in [0.3, 0.4) is 0 Å². The van der Waals surface area contributed by atoms with E-state index in [9.17, 15) is 0 Å². The summed E-state index contributed by atoms with van der Waals surface area (Å²) in [5.41, 5.74) is 3.96. The Hall–Kier alpha value is -1.22. The maximum Gasteiger partial charge on any atom is 0.0447 e. The summed E-state index contributed by atoms with van der Waals surface area (Å²) in [6.07, 6.45) is 3.22. The molecule has 16 heavy (non-hydrogen) atoms. The van der Waals surface area contributed by atoms with E-state index in [4.69, 9.17) is 5.11 Å². The van der Waals surface area contributed by atoms with Crippen LogP contribution < -0.4 is 10.2 Å². The number of hydrogen-bond donors (Lipinski definition) is 2. The standard InChI is InChI=1S/C13H20N2O/c1-15-8-2-4-11-10-12(5-6-13(11)15)14-7-3-9-16/h5-6,10,14,16H,2-4,7-9H2,1H3. The fourth-order valence-corrected chi connectivity index (χ4v) is 2.21. The molecule has 2 N–H and O–H groups in total. The zero-order valence-electron chi connectivity index (χ0n) is 9.87. The summed E-state index contributed by atoms with van der Waals surface area (Å²) in [6.45, 7) is 2.25. The number of rotatable bonds is 4. The molecule has 1 aromatic carbocycles. The van der Waals surface area contributed by atoms with Crippen molar-refractivity contribution >= 4 is 11.4 Å². The molecular weight excluding hydrogens is 200 g/mol. The van der Waals surface area contributed by atoms with Crippen molar-refractivity contribution in [1.29, 1.82) is 0 Å². The molecule has 88 valence electrons. The van der Waals surface area contributed by atoms with Gasteiger partial charge < -0.3 is 15.3 Å². The predicted octanol–water partition coefficient (Wildman–Crippen LogP) is 1.86. The molecule has 1 aliphatic rings. The summed E-state index contributed by atoms with van der Waals surface area (Å²) in [5.74, 6) is 0. The summed E-state index contributed by atoms with van der Waals surface area (Å²) < 4.78 is 0. The number of nitrogens with zero attached hydrogens (tertiary/aromatic N) is 1. The van der Waals surface area contributed by atoms with Gasteiger partial charge in [-0.3, -0.25) is 0 Å². The minimum absolute atomic E-state index is 0.251. The van der Waals surface area contributed by atoms with Gasteiger partial charge in [0.15, 0.2) is 0 Å². The minimum atomic E-state index is 0.251. The molecule has 0 radical (unpaired) electrons. The van der Waals surface area contributed by atoms with Gasteiger partial charge in [0, 0.05) is 38.1 Å². The second kappa shape index (κ2) is 5.21. The molecule has 2 rings (SSSR count). The van der Waals surface area contributed by atoms with E-state index < -0.39 is 0 Å². The lowest BCUT2D eigenvalue weighted by Crippen LogP contribution is -2.24. The molecule has 3 heteroatoms. The average Bonchev–Trinajstić information content (AvgIpc) is 2.30. The summed E-state index contributed by atoms with van der Waals surface area (Å²) in [4.78, 5) is 2.32. The second-order valence-corrected chi connectivity index (χ2v) is 4.37.